The Morgan fingerprint density at radius 2 is 1.97 bits per heavy atom. The summed E-state index contributed by atoms with van der Waals surface area (Å²) < 4.78 is 28.7. The molecule has 2 aliphatic rings. The Bertz CT molecular complexity index is 1180. The molecule has 2 atom stereocenters. The second-order valence-corrected chi connectivity index (χ2v) is 12.1. The highest BCUT2D eigenvalue weighted by molar-refractivity contribution is 7.17. The third kappa shape index (κ3) is 6.48. The number of hydrogen-bond acceptors (Lipinski definition) is 7. The van der Waals surface area contributed by atoms with E-state index in [4.69, 9.17) is 0 Å². The predicted molar refractivity (Wildman–Crippen MR) is 144 cm³/mol. The minimum Gasteiger partial charge on any atom is -0.389 e. The van der Waals surface area contributed by atoms with E-state index in [2.05, 4.69) is 20.6 Å². The minimum atomic E-state index is -2.79. The molecular formula is C27H37F2N5O3S. The van der Waals surface area contributed by atoms with Gasteiger partial charge in [0.25, 0.3) is 17.7 Å². The van der Waals surface area contributed by atoms with Crippen LogP contribution in [0.25, 0.3) is 10.4 Å². The maximum Gasteiger partial charge on any atom is 0.280 e. The van der Waals surface area contributed by atoms with Crippen molar-refractivity contribution in [3.8, 4) is 10.4 Å². The number of piperidine rings is 1. The lowest BCUT2D eigenvalue weighted by atomic mass is 9.91. The molecule has 1 saturated carbocycles. The minimum absolute atomic E-state index is 0.0277. The van der Waals surface area contributed by atoms with E-state index in [0.717, 1.165) is 42.6 Å². The summed E-state index contributed by atoms with van der Waals surface area (Å²) in [6, 6.07) is 0.786. The highest BCUT2D eigenvalue weighted by Crippen LogP contribution is 2.37. The van der Waals surface area contributed by atoms with Gasteiger partial charge in [-0.15, -0.1) is 11.3 Å². The third-order valence-electron chi connectivity index (χ3n) is 7.21. The molecule has 0 radical (unpaired) electrons. The molecule has 38 heavy (non-hydrogen) atoms. The zero-order chi connectivity index (χ0) is 27.7. The number of pyridine rings is 1. The number of amides is 2. The van der Waals surface area contributed by atoms with E-state index in [0.29, 0.717) is 35.6 Å². The van der Waals surface area contributed by atoms with E-state index >= 15 is 0 Å². The number of hydrogen-bond donors (Lipinski definition) is 3. The maximum atomic E-state index is 14.4. The van der Waals surface area contributed by atoms with E-state index in [1.807, 2.05) is 13.8 Å². The number of aliphatic hydroxyl groups is 1. The number of nitrogens with zero attached hydrogens (tertiary/aromatic N) is 3. The second-order valence-electron chi connectivity index (χ2n) is 11.1. The normalized spacial score (nSPS) is 21.7. The van der Waals surface area contributed by atoms with Crippen molar-refractivity contribution in [3.63, 3.8) is 0 Å². The summed E-state index contributed by atoms with van der Waals surface area (Å²) in [5.41, 5.74) is 0.435. The first-order valence-electron chi connectivity index (χ1n) is 13.3. The second kappa shape index (κ2) is 11.2. The van der Waals surface area contributed by atoms with Crippen LogP contribution in [0.3, 0.4) is 0 Å². The van der Waals surface area contributed by atoms with Gasteiger partial charge in [-0.3, -0.25) is 9.59 Å². The van der Waals surface area contributed by atoms with Crippen molar-refractivity contribution in [2.75, 3.05) is 18.4 Å². The molecule has 1 aliphatic heterocycles. The molecule has 0 aromatic carbocycles. The van der Waals surface area contributed by atoms with Gasteiger partial charge in [0.15, 0.2) is 5.01 Å². The molecule has 3 N–H and O–H groups in total. The Hall–Kier alpha value is -2.66. The monoisotopic (exact) mass is 549 g/mol. The van der Waals surface area contributed by atoms with Crippen LogP contribution in [0, 0.1) is 6.92 Å². The summed E-state index contributed by atoms with van der Waals surface area (Å²) in [4.78, 5) is 37.7. The zero-order valence-corrected chi connectivity index (χ0v) is 23.3. The van der Waals surface area contributed by atoms with E-state index in [1.165, 1.54) is 0 Å². The summed E-state index contributed by atoms with van der Waals surface area (Å²) in [6.45, 7) is 7.65. The van der Waals surface area contributed by atoms with E-state index < -0.39 is 23.5 Å². The Kier molecular flexibility index (Phi) is 8.37. The van der Waals surface area contributed by atoms with Crippen molar-refractivity contribution < 1.29 is 23.5 Å². The third-order valence-corrected chi connectivity index (χ3v) is 8.30. The number of carbonyl (C=O) groups is 2. The molecule has 2 aromatic heterocycles. The molecule has 2 fully saturated rings. The highest BCUT2D eigenvalue weighted by Gasteiger charge is 2.41. The smallest absolute Gasteiger partial charge is 0.280 e. The largest absolute Gasteiger partial charge is 0.389 e. The van der Waals surface area contributed by atoms with Gasteiger partial charge in [-0.25, -0.2) is 18.7 Å². The van der Waals surface area contributed by atoms with Gasteiger partial charge in [0, 0.05) is 37.3 Å². The molecule has 208 valence electrons. The lowest BCUT2D eigenvalue weighted by Gasteiger charge is -2.33. The van der Waals surface area contributed by atoms with Gasteiger partial charge >= 0.3 is 0 Å². The summed E-state index contributed by atoms with van der Waals surface area (Å²) in [7, 11) is 0. The molecule has 8 nitrogen and oxygen atoms in total. The maximum absolute atomic E-state index is 14.4. The van der Waals surface area contributed by atoms with E-state index in [9.17, 15) is 23.5 Å². The molecule has 4 rings (SSSR count). The number of aromatic nitrogens is 2. The number of nitrogens with one attached hydrogen (secondary N) is 2. The first kappa shape index (κ1) is 28.4. The molecule has 0 spiro atoms. The van der Waals surface area contributed by atoms with Crippen LogP contribution in [0.4, 0.5) is 14.6 Å². The lowest BCUT2D eigenvalue weighted by molar-refractivity contribution is -0.0449. The van der Waals surface area contributed by atoms with Crippen LogP contribution in [0.15, 0.2) is 12.3 Å². The van der Waals surface area contributed by atoms with Crippen molar-refractivity contribution in [3.05, 3.63) is 28.5 Å². The first-order valence-corrected chi connectivity index (χ1v) is 14.1. The summed E-state index contributed by atoms with van der Waals surface area (Å²) in [5, 5.41) is 15.7. The standard InChI is InChI=1S/C27H37F2N5O3S/c1-16-13-20(32-19-10-5-7-11-27(19,28)29)30-14-18(16)22-21(25(36)34-12-8-6-9-17(34)2)33-24(38-22)23(35)31-15-26(3,4)37/h13-14,17,19,37H,5-12,15H2,1-4H3,(H,30,32)(H,31,35)/t17-,19+/m0/s1. The number of likely N-dealkylation sites (tertiary alicyclic amines) is 1. The molecule has 3 heterocycles. The quantitative estimate of drug-likeness (QED) is 0.448. The van der Waals surface area contributed by atoms with Crippen molar-refractivity contribution in [1.82, 2.24) is 20.2 Å². The van der Waals surface area contributed by atoms with E-state index in [-0.39, 0.29) is 35.6 Å². The molecule has 2 aromatic rings. The van der Waals surface area contributed by atoms with Crippen molar-refractivity contribution >= 4 is 29.0 Å². The lowest BCUT2D eigenvalue weighted by Crippen LogP contribution is -2.42. The number of anilines is 1. The zero-order valence-electron chi connectivity index (χ0n) is 22.4. The molecule has 2 amide bonds. The van der Waals surface area contributed by atoms with Crippen molar-refractivity contribution in [1.29, 1.82) is 0 Å². The van der Waals surface area contributed by atoms with Crippen LogP contribution in [-0.2, 0) is 0 Å². The van der Waals surface area contributed by atoms with Gasteiger partial charge in [0.1, 0.15) is 11.5 Å². The summed E-state index contributed by atoms with van der Waals surface area (Å²) in [6.07, 6.45) is 5.90. The Labute approximate surface area is 226 Å². The van der Waals surface area contributed by atoms with Crippen LogP contribution in [0.5, 0.6) is 0 Å². The molecule has 0 bridgehead atoms. The van der Waals surface area contributed by atoms with Gasteiger partial charge in [-0.05, 0) is 71.4 Å². The molecular weight excluding hydrogens is 512 g/mol. The van der Waals surface area contributed by atoms with Gasteiger partial charge in [-0.2, -0.15) is 0 Å². The first-order chi connectivity index (χ1) is 17.9. The Morgan fingerprint density at radius 3 is 2.63 bits per heavy atom. The van der Waals surface area contributed by atoms with Crippen LogP contribution in [0.1, 0.15) is 91.6 Å². The molecule has 1 saturated heterocycles. The summed E-state index contributed by atoms with van der Waals surface area (Å²) in [5.74, 6) is -3.16. The summed E-state index contributed by atoms with van der Waals surface area (Å²) >= 11 is 1.09. The number of carbonyl (C=O) groups excluding carboxylic acids is 2. The van der Waals surface area contributed by atoms with Crippen LogP contribution < -0.4 is 10.6 Å². The molecule has 1 aliphatic carbocycles. The number of halogens is 2. The van der Waals surface area contributed by atoms with Crippen molar-refractivity contribution in [2.45, 2.75) is 96.2 Å². The Morgan fingerprint density at radius 1 is 1.24 bits per heavy atom. The van der Waals surface area contributed by atoms with Crippen LogP contribution in [-0.4, -0.2) is 68.5 Å². The topological polar surface area (TPSA) is 107 Å². The number of thiazole rings is 1. The van der Waals surface area contributed by atoms with Crippen molar-refractivity contribution in [2.24, 2.45) is 0 Å². The fourth-order valence-corrected chi connectivity index (χ4v) is 6.02. The number of rotatable bonds is 7. The fourth-order valence-electron chi connectivity index (χ4n) is 4.98. The average Bonchev–Trinajstić information content (AvgIpc) is 3.28. The van der Waals surface area contributed by atoms with Gasteiger partial charge < -0.3 is 20.6 Å². The van der Waals surface area contributed by atoms with E-state index in [1.54, 1.807) is 31.0 Å². The molecule has 0 unspecified atom stereocenters. The van der Waals surface area contributed by atoms with Gasteiger partial charge in [0.2, 0.25) is 0 Å². The molecule has 11 heteroatoms. The van der Waals surface area contributed by atoms with Gasteiger partial charge in [0.05, 0.1) is 16.5 Å². The highest BCUT2D eigenvalue weighted by atomic mass is 32.1. The van der Waals surface area contributed by atoms with Gasteiger partial charge in [-0.1, -0.05) is 6.42 Å². The number of alkyl halides is 2. The fraction of sp³-hybridized carbons (Fsp3) is 0.630. The average molecular weight is 550 g/mol. The number of aryl methyl sites for hydroxylation is 1. The van der Waals surface area contributed by atoms with Crippen LogP contribution in [0.2, 0.25) is 0 Å². The SMILES string of the molecule is Cc1cc(N[C@@H]2CCCCC2(F)F)ncc1-c1sc(C(=O)NCC(C)(C)O)nc1C(=O)N1CCCC[C@@H]1C. The van der Waals surface area contributed by atoms with Crippen LogP contribution >= 0.6 is 11.3 Å². The predicted octanol–water partition coefficient (Wildman–Crippen LogP) is 5.02. The Balaban J connectivity index is 1.66.